The monoisotopic (exact) mass is 486 g/mol. The highest BCUT2D eigenvalue weighted by Crippen LogP contribution is 2.42. The number of sulfonamides is 1. The number of rotatable bonds is 5. The number of aliphatic carboxylic acids is 1. The normalized spacial score (nSPS) is 22.5. The number of anilines is 1. The van der Waals surface area contributed by atoms with Crippen LogP contribution in [0.3, 0.4) is 0 Å². The van der Waals surface area contributed by atoms with Crippen molar-refractivity contribution < 1.29 is 27.4 Å². The van der Waals surface area contributed by atoms with E-state index in [0.29, 0.717) is 25.0 Å². The number of thiol groups is 1. The van der Waals surface area contributed by atoms with Gasteiger partial charge in [0.2, 0.25) is 15.9 Å². The topological polar surface area (TPSA) is 87.2 Å². The van der Waals surface area contributed by atoms with E-state index in [0.717, 1.165) is 25.7 Å². The predicted octanol–water partition coefficient (Wildman–Crippen LogP) is 4.30. The highest BCUT2D eigenvalue weighted by Gasteiger charge is 2.41. The van der Waals surface area contributed by atoms with Crippen molar-refractivity contribution in [1.29, 1.82) is 0 Å². The molecule has 0 saturated heterocycles. The first-order valence-corrected chi connectivity index (χ1v) is 12.6. The van der Waals surface area contributed by atoms with Gasteiger partial charge in [0.05, 0.1) is 5.69 Å². The average molecular weight is 487 g/mol. The van der Waals surface area contributed by atoms with E-state index in [1.165, 1.54) is 10.4 Å². The van der Waals surface area contributed by atoms with Crippen molar-refractivity contribution in [3.05, 3.63) is 24.2 Å². The zero-order chi connectivity index (χ0) is 23.8. The largest absolute Gasteiger partial charge is 0.476 e. The van der Waals surface area contributed by atoms with Gasteiger partial charge in [0.1, 0.15) is 16.9 Å². The van der Waals surface area contributed by atoms with Gasteiger partial charge in [-0.2, -0.15) is 8.70 Å². The lowest BCUT2D eigenvalue weighted by Gasteiger charge is -2.36. The predicted molar refractivity (Wildman–Crippen MR) is 124 cm³/mol. The molecule has 0 amide bonds. The summed E-state index contributed by atoms with van der Waals surface area (Å²) < 4.78 is 47.3. The van der Waals surface area contributed by atoms with Gasteiger partial charge in [-0.05, 0) is 30.2 Å². The second kappa shape index (κ2) is 9.23. The van der Waals surface area contributed by atoms with Crippen molar-refractivity contribution in [3.63, 3.8) is 0 Å². The maximum absolute atomic E-state index is 13.6. The van der Waals surface area contributed by atoms with Crippen LogP contribution in [0.5, 0.6) is 5.75 Å². The number of hydrogen-bond donors (Lipinski definition) is 2. The molecule has 7 nitrogen and oxygen atoms in total. The summed E-state index contributed by atoms with van der Waals surface area (Å²) in [7, 11) is -2.27. The van der Waals surface area contributed by atoms with E-state index in [4.69, 9.17) is 9.84 Å². The second-order valence-electron chi connectivity index (χ2n) is 9.75. The smallest absolute Gasteiger partial charge is 0.368 e. The molecule has 3 rings (SSSR count). The van der Waals surface area contributed by atoms with Crippen LogP contribution in [0.2, 0.25) is 0 Å². The molecule has 1 aromatic rings. The van der Waals surface area contributed by atoms with Gasteiger partial charge in [0.15, 0.2) is 0 Å². The van der Waals surface area contributed by atoms with Crippen molar-refractivity contribution in [2.75, 3.05) is 25.0 Å². The van der Waals surface area contributed by atoms with Crippen molar-refractivity contribution in [2.45, 2.75) is 62.3 Å². The maximum atomic E-state index is 13.6. The van der Waals surface area contributed by atoms with Crippen LogP contribution in [0.1, 0.15) is 46.5 Å². The lowest BCUT2D eigenvalue weighted by Crippen LogP contribution is -2.47. The summed E-state index contributed by atoms with van der Waals surface area (Å²) in [5.41, 5.74) is 0.427. The van der Waals surface area contributed by atoms with Gasteiger partial charge in [-0.25, -0.2) is 13.2 Å². The summed E-state index contributed by atoms with van der Waals surface area (Å²) in [4.78, 5) is 13.1. The van der Waals surface area contributed by atoms with Crippen molar-refractivity contribution in [1.82, 2.24) is 4.31 Å². The minimum absolute atomic E-state index is 0.0320. The maximum Gasteiger partial charge on any atom is 0.368 e. The van der Waals surface area contributed by atoms with E-state index in [1.54, 1.807) is 13.1 Å². The Labute approximate surface area is 194 Å². The molecule has 1 aliphatic heterocycles. The summed E-state index contributed by atoms with van der Waals surface area (Å²) >= 11 is 4.40. The molecular weight excluding hydrogens is 455 g/mol. The molecule has 1 heterocycles. The molecule has 1 N–H and O–H groups in total. The molecule has 1 aliphatic carbocycles. The van der Waals surface area contributed by atoms with Crippen molar-refractivity contribution >= 4 is 34.3 Å². The zero-order valence-corrected chi connectivity index (χ0v) is 20.5. The molecule has 1 saturated carbocycles. The lowest BCUT2D eigenvalue weighted by molar-refractivity contribution is -0.134. The number of carbonyl (C=O) groups is 1. The Kier molecular flexibility index (Phi) is 7.17. The summed E-state index contributed by atoms with van der Waals surface area (Å²) in [5, 5.41) is 8.70. The Morgan fingerprint density at radius 1 is 1.31 bits per heavy atom. The van der Waals surface area contributed by atoms with Gasteiger partial charge >= 0.3 is 5.97 Å². The van der Waals surface area contributed by atoms with Gasteiger partial charge in [-0.15, -0.1) is 12.6 Å². The molecule has 0 spiro atoms. The highest BCUT2D eigenvalue weighted by atomic mass is 32.2. The van der Waals surface area contributed by atoms with Gasteiger partial charge in [0, 0.05) is 37.1 Å². The van der Waals surface area contributed by atoms with Crippen molar-refractivity contribution in [2.24, 2.45) is 11.3 Å². The van der Waals surface area contributed by atoms with Gasteiger partial charge in [-0.3, -0.25) is 0 Å². The number of hydrogen-bond acceptors (Lipinski definition) is 6. The van der Waals surface area contributed by atoms with E-state index in [-0.39, 0.29) is 32.9 Å². The minimum Gasteiger partial charge on any atom is -0.476 e. The number of nitrogens with zero attached hydrogens (tertiary/aromatic N) is 2. The molecule has 1 fully saturated rings. The van der Waals surface area contributed by atoms with E-state index >= 15 is 0 Å². The Balaban J connectivity index is 2.12. The van der Waals surface area contributed by atoms with E-state index in [2.05, 4.69) is 38.3 Å². The van der Waals surface area contributed by atoms with E-state index in [9.17, 15) is 17.6 Å². The van der Waals surface area contributed by atoms with Crippen LogP contribution in [0.4, 0.5) is 10.1 Å². The molecule has 1 aromatic carbocycles. The number of carboxylic acid groups (broad SMARTS) is 1. The molecule has 0 aromatic heterocycles. The van der Waals surface area contributed by atoms with Crippen LogP contribution in [-0.2, 0) is 14.8 Å². The Morgan fingerprint density at radius 2 is 1.94 bits per heavy atom. The molecule has 32 heavy (non-hydrogen) atoms. The number of ether oxygens (including phenoxy) is 1. The Morgan fingerprint density at radius 3 is 2.50 bits per heavy atom. The van der Waals surface area contributed by atoms with Crippen LogP contribution in [0, 0.1) is 11.3 Å². The molecule has 0 radical (unpaired) electrons. The third kappa shape index (κ3) is 5.23. The molecular formula is C22H31FN2O5S2. The second-order valence-corrected chi connectivity index (χ2v) is 12.2. The van der Waals surface area contributed by atoms with Gasteiger partial charge < -0.3 is 14.7 Å². The molecule has 2 aliphatic rings. The zero-order valence-electron chi connectivity index (χ0n) is 18.8. The highest BCUT2D eigenvalue weighted by molar-refractivity contribution is 7.89. The van der Waals surface area contributed by atoms with Crippen LogP contribution < -0.4 is 9.64 Å². The Hall–Kier alpha value is -1.78. The summed E-state index contributed by atoms with van der Waals surface area (Å²) in [5.74, 6) is -3.02. The SMILES string of the molecule is CN1[C@H](C2CCCC2)CN(CC(C)(C)C)c2cc(S)c(O/C=C(\F)C(=O)O)cc2S1(=O)=O. The number of carboxylic acids is 1. The van der Waals surface area contributed by atoms with Crippen LogP contribution in [0.25, 0.3) is 0 Å². The lowest BCUT2D eigenvalue weighted by atomic mass is 9.93. The molecule has 0 unspecified atom stereocenters. The summed E-state index contributed by atoms with van der Waals surface area (Å²) in [6.45, 7) is 7.48. The van der Waals surface area contributed by atoms with Gasteiger partial charge in [0.25, 0.3) is 0 Å². The first-order valence-electron chi connectivity index (χ1n) is 10.7. The van der Waals surface area contributed by atoms with E-state index in [1.807, 2.05) is 0 Å². The van der Waals surface area contributed by atoms with Crippen LogP contribution >= 0.6 is 12.6 Å². The first-order chi connectivity index (χ1) is 14.8. The minimum atomic E-state index is -3.88. The van der Waals surface area contributed by atoms with Crippen LogP contribution in [0.15, 0.2) is 34.0 Å². The fourth-order valence-corrected chi connectivity index (χ4v) is 6.39. The molecule has 0 bridgehead atoms. The molecule has 1 atom stereocenters. The third-order valence-corrected chi connectivity index (χ3v) is 8.28. The number of benzene rings is 1. The number of fused-ring (bicyclic) bond motifs is 1. The number of halogens is 1. The Bertz CT molecular complexity index is 1010. The molecule has 178 valence electrons. The number of likely N-dealkylation sites (N-methyl/N-ethyl adjacent to an activating group) is 1. The fraction of sp³-hybridized carbons (Fsp3) is 0.591. The first kappa shape index (κ1) is 24.9. The van der Waals surface area contributed by atoms with Crippen LogP contribution in [-0.4, -0.2) is 50.0 Å². The quantitative estimate of drug-likeness (QED) is 0.367. The average Bonchev–Trinajstić information content (AvgIpc) is 3.20. The third-order valence-electron chi connectivity index (χ3n) is 6.02. The van der Waals surface area contributed by atoms with E-state index < -0.39 is 21.8 Å². The van der Waals surface area contributed by atoms with Crippen molar-refractivity contribution in [3.8, 4) is 5.75 Å². The molecule has 10 heteroatoms. The summed E-state index contributed by atoms with van der Waals surface area (Å²) in [6, 6.07) is 2.74. The standard InChI is InChI=1S/C22H31FN2O5S2/c1-22(2,3)13-25-11-17(14-7-5-6-8-14)24(4)32(28,29)20-10-18(19(31)9-16(20)25)30-12-15(23)21(26)27/h9-10,12,14,17,31H,5-8,11,13H2,1-4H3,(H,26,27)/b15-12-/t17-/m0/s1. The van der Waals surface area contributed by atoms with Gasteiger partial charge in [-0.1, -0.05) is 33.6 Å². The summed E-state index contributed by atoms with van der Waals surface area (Å²) in [6.07, 6.45) is 4.62. The fourth-order valence-electron chi connectivity index (χ4n) is 4.54.